The second-order valence-electron chi connectivity index (χ2n) is 7.73. The topological polar surface area (TPSA) is 106 Å². The molecule has 4 heterocycles. The molecule has 0 saturated heterocycles. The van der Waals surface area contributed by atoms with E-state index in [0.29, 0.717) is 16.9 Å². The highest BCUT2D eigenvalue weighted by Crippen LogP contribution is 2.33. The SMILES string of the molecule is C/C(=N\O)c1ccc2nnc(C(C)c3c(F)cc4ncc(-c5cnn(C)c5)cc4c3F)n2n1. The van der Waals surface area contributed by atoms with Crippen molar-refractivity contribution in [1.82, 2.24) is 34.6 Å². The third-order valence-electron chi connectivity index (χ3n) is 5.58. The van der Waals surface area contributed by atoms with Gasteiger partial charge < -0.3 is 5.21 Å². The lowest BCUT2D eigenvalue weighted by Crippen LogP contribution is -2.11. The molecule has 5 rings (SSSR count). The van der Waals surface area contributed by atoms with Crippen LogP contribution in [0.4, 0.5) is 8.78 Å². The van der Waals surface area contributed by atoms with Crippen LogP contribution in [-0.4, -0.2) is 45.5 Å². The highest BCUT2D eigenvalue weighted by atomic mass is 19.1. The number of fused-ring (bicyclic) bond motifs is 2. The van der Waals surface area contributed by atoms with Crippen LogP contribution in [0.2, 0.25) is 0 Å². The molecule has 0 amide bonds. The van der Waals surface area contributed by atoms with Crippen LogP contribution in [-0.2, 0) is 7.05 Å². The van der Waals surface area contributed by atoms with Crippen molar-refractivity contribution in [1.29, 1.82) is 0 Å². The molecule has 33 heavy (non-hydrogen) atoms. The number of nitrogens with zero attached hydrogens (tertiary/aromatic N) is 8. The van der Waals surface area contributed by atoms with E-state index < -0.39 is 17.6 Å². The smallest absolute Gasteiger partial charge is 0.177 e. The minimum Gasteiger partial charge on any atom is -0.411 e. The van der Waals surface area contributed by atoms with E-state index in [1.165, 1.54) is 10.6 Å². The molecule has 0 bridgehead atoms. The third-order valence-corrected chi connectivity index (χ3v) is 5.58. The van der Waals surface area contributed by atoms with E-state index in [1.54, 1.807) is 62.4 Å². The highest BCUT2D eigenvalue weighted by molar-refractivity contribution is 5.96. The van der Waals surface area contributed by atoms with E-state index in [4.69, 9.17) is 5.21 Å². The number of hydrogen-bond donors (Lipinski definition) is 1. The average Bonchev–Trinajstić information content (AvgIpc) is 3.44. The van der Waals surface area contributed by atoms with Crippen LogP contribution < -0.4 is 0 Å². The average molecular weight is 448 g/mol. The van der Waals surface area contributed by atoms with Gasteiger partial charge in [-0.15, -0.1) is 10.2 Å². The van der Waals surface area contributed by atoms with Gasteiger partial charge in [-0.05, 0) is 25.1 Å². The van der Waals surface area contributed by atoms with Crippen molar-refractivity contribution in [3.8, 4) is 11.1 Å². The molecule has 1 N–H and O–H groups in total. The Morgan fingerprint density at radius 3 is 2.67 bits per heavy atom. The minimum atomic E-state index is -0.819. The van der Waals surface area contributed by atoms with Gasteiger partial charge in [-0.2, -0.15) is 14.7 Å². The summed E-state index contributed by atoms with van der Waals surface area (Å²) in [5.74, 6) is -2.04. The summed E-state index contributed by atoms with van der Waals surface area (Å²) in [4.78, 5) is 4.24. The van der Waals surface area contributed by atoms with Gasteiger partial charge in [0.25, 0.3) is 0 Å². The van der Waals surface area contributed by atoms with Crippen LogP contribution in [0.3, 0.4) is 0 Å². The molecule has 5 aromatic rings. The minimum absolute atomic E-state index is 0.165. The van der Waals surface area contributed by atoms with Gasteiger partial charge in [-0.1, -0.05) is 12.1 Å². The van der Waals surface area contributed by atoms with Gasteiger partial charge in [0.1, 0.15) is 23.0 Å². The zero-order valence-electron chi connectivity index (χ0n) is 17.9. The predicted octanol–water partition coefficient (Wildman–Crippen LogP) is 3.70. The molecule has 0 aliphatic rings. The second-order valence-corrected chi connectivity index (χ2v) is 7.73. The van der Waals surface area contributed by atoms with Crippen LogP contribution in [0.15, 0.2) is 48.0 Å². The zero-order chi connectivity index (χ0) is 23.3. The first-order chi connectivity index (χ1) is 15.9. The van der Waals surface area contributed by atoms with Crippen LogP contribution in [0.25, 0.3) is 27.7 Å². The number of halogens is 2. The second kappa shape index (κ2) is 7.69. The fourth-order valence-corrected chi connectivity index (χ4v) is 3.79. The molecule has 0 aliphatic carbocycles. The first-order valence-electron chi connectivity index (χ1n) is 10.1. The van der Waals surface area contributed by atoms with Crippen molar-refractivity contribution in [2.75, 3.05) is 0 Å². The van der Waals surface area contributed by atoms with Crippen LogP contribution in [0.1, 0.15) is 36.8 Å². The molecular weight excluding hydrogens is 430 g/mol. The van der Waals surface area contributed by atoms with Gasteiger partial charge in [0.2, 0.25) is 0 Å². The van der Waals surface area contributed by atoms with E-state index >= 15 is 8.78 Å². The molecule has 1 aromatic carbocycles. The summed E-state index contributed by atoms with van der Waals surface area (Å²) >= 11 is 0. The Labute approximate surface area is 186 Å². The van der Waals surface area contributed by atoms with Crippen molar-refractivity contribution in [3.63, 3.8) is 0 Å². The Balaban J connectivity index is 1.66. The number of aryl methyl sites for hydroxylation is 1. The Morgan fingerprint density at radius 2 is 1.94 bits per heavy atom. The number of rotatable bonds is 4. The molecule has 0 spiro atoms. The summed E-state index contributed by atoms with van der Waals surface area (Å²) in [7, 11) is 1.78. The summed E-state index contributed by atoms with van der Waals surface area (Å²) in [6.07, 6.45) is 5.00. The number of pyridine rings is 1. The molecule has 166 valence electrons. The van der Waals surface area contributed by atoms with Crippen LogP contribution >= 0.6 is 0 Å². The third kappa shape index (κ3) is 3.37. The quantitative estimate of drug-likeness (QED) is 0.255. The summed E-state index contributed by atoms with van der Waals surface area (Å²) in [5, 5.41) is 29.0. The Bertz CT molecular complexity index is 1560. The molecule has 0 radical (unpaired) electrons. The largest absolute Gasteiger partial charge is 0.411 e. The summed E-state index contributed by atoms with van der Waals surface area (Å²) in [6.45, 7) is 3.21. The van der Waals surface area contributed by atoms with Gasteiger partial charge in [0, 0.05) is 53.5 Å². The number of benzene rings is 1. The number of oxime groups is 1. The molecule has 0 aliphatic heterocycles. The first kappa shape index (κ1) is 20.6. The summed E-state index contributed by atoms with van der Waals surface area (Å²) < 4.78 is 33.8. The molecule has 0 saturated carbocycles. The molecule has 1 atom stereocenters. The summed E-state index contributed by atoms with van der Waals surface area (Å²) in [6, 6.07) is 6.10. The maximum Gasteiger partial charge on any atom is 0.177 e. The van der Waals surface area contributed by atoms with E-state index in [1.807, 2.05) is 0 Å². The van der Waals surface area contributed by atoms with Crippen molar-refractivity contribution in [2.24, 2.45) is 12.2 Å². The lowest BCUT2D eigenvalue weighted by molar-refractivity contribution is 0.319. The molecular formula is C22H18F2N8O. The van der Waals surface area contributed by atoms with E-state index in [0.717, 1.165) is 5.56 Å². The number of hydrogen-bond acceptors (Lipinski definition) is 7. The van der Waals surface area contributed by atoms with Crippen molar-refractivity contribution >= 4 is 22.3 Å². The van der Waals surface area contributed by atoms with Crippen molar-refractivity contribution in [3.05, 3.63) is 71.6 Å². The lowest BCUT2D eigenvalue weighted by atomic mass is 9.96. The van der Waals surface area contributed by atoms with Crippen molar-refractivity contribution < 1.29 is 14.0 Å². The maximum atomic E-state index is 15.7. The zero-order valence-corrected chi connectivity index (χ0v) is 17.9. The Kier molecular flexibility index (Phi) is 4.81. The van der Waals surface area contributed by atoms with Gasteiger partial charge >= 0.3 is 0 Å². The fraction of sp³-hybridized carbons (Fsp3) is 0.182. The van der Waals surface area contributed by atoms with Gasteiger partial charge in [-0.25, -0.2) is 8.78 Å². The Hall–Kier alpha value is -4.28. The molecule has 4 aromatic heterocycles. The highest BCUT2D eigenvalue weighted by Gasteiger charge is 2.26. The van der Waals surface area contributed by atoms with E-state index in [9.17, 15) is 0 Å². The molecule has 9 nitrogen and oxygen atoms in total. The standard InChI is InChI=1S/C22H18F2N8O/c1-11(22-28-27-19-5-4-17(12(2)30-33)29-32(19)22)20-16(23)7-18-15(21(20)24)6-13(8-25-18)14-9-26-31(3)10-14/h4-11,33H,1-3H3/b30-12+. The predicted molar refractivity (Wildman–Crippen MR) is 116 cm³/mol. The van der Waals surface area contributed by atoms with Crippen LogP contribution in [0.5, 0.6) is 0 Å². The van der Waals surface area contributed by atoms with Gasteiger partial charge in [0.15, 0.2) is 11.5 Å². The normalized spacial score (nSPS) is 13.2. The van der Waals surface area contributed by atoms with Gasteiger partial charge in [-0.3, -0.25) is 9.67 Å². The molecule has 0 fully saturated rings. The molecule has 1 unspecified atom stereocenters. The summed E-state index contributed by atoms with van der Waals surface area (Å²) in [5.41, 5.74) is 2.53. The van der Waals surface area contributed by atoms with Crippen molar-refractivity contribution in [2.45, 2.75) is 19.8 Å². The van der Waals surface area contributed by atoms with E-state index in [-0.39, 0.29) is 28.0 Å². The Morgan fingerprint density at radius 1 is 1.12 bits per heavy atom. The monoisotopic (exact) mass is 448 g/mol. The molecule has 11 heteroatoms. The maximum absolute atomic E-state index is 15.7. The van der Waals surface area contributed by atoms with E-state index in [2.05, 4.69) is 30.5 Å². The lowest BCUT2D eigenvalue weighted by Gasteiger charge is -2.14. The fourth-order valence-electron chi connectivity index (χ4n) is 3.79. The number of aromatic nitrogens is 7. The van der Waals surface area contributed by atoms with Gasteiger partial charge in [0.05, 0.1) is 11.7 Å². The first-order valence-corrected chi connectivity index (χ1v) is 10.1. The van der Waals surface area contributed by atoms with Crippen LogP contribution in [0, 0.1) is 11.6 Å².